The van der Waals surface area contributed by atoms with Crippen LogP contribution < -0.4 is 15.0 Å². The summed E-state index contributed by atoms with van der Waals surface area (Å²) in [6.45, 7) is 8.35. The lowest BCUT2D eigenvalue weighted by Gasteiger charge is -2.32. The number of ether oxygens (including phenoxy) is 1. The summed E-state index contributed by atoms with van der Waals surface area (Å²) in [4.78, 5) is 20.0. The van der Waals surface area contributed by atoms with Crippen LogP contribution in [-0.4, -0.2) is 30.6 Å². The van der Waals surface area contributed by atoms with Gasteiger partial charge in [-0.25, -0.2) is 4.98 Å². The average molecular weight is 410 g/mol. The predicted molar refractivity (Wildman–Crippen MR) is 120 cm³/mol. The minimum Gasteiger partial charge on any atom is -0.494 e. The van der Waals surface area contributed by atoms with Crippen LogP contribution in [0.3, 0.4) is 0 Å². The van der Waals surface area contributed by atoms with Crippen LogP contribution in [0.4, 0.5) is 10.8 Å². The van der Waals surface area contributed by atoms with Gasteiger partial charge < -0.3 is 15.0 Å². The molecule has 1 N–H and O–H groups in total. The summed E-state index contributed by atoms with van der Waals surface area (Å²) in [5, 5.41) is 4.15. The van der Waals surface area contributed by atoms with Gasteiger partial charge in [0.1, 0.15) is 5.75 Å². The molecule has 1 aromatic heterocycles. The summed E-state index contributed by atoms with van der Waals surface area (Å²) in [5.41, 5.74) is 4.12. The number of hydrogen-bond donors (Lipinski definition) is 1. The zero-order chi connectivity index (χ0) is 20.4. The van der Waals surface area contributed by atoms with Gasteiger partial charge in [0.25, 0.3) is 0 Å². The van der Waals surface area contributed by atoms with E-state index in [-0.39, 0.29) is 11.8 Å². The van der Waals surface area contributed by atoms with Crippen molar-refractivity contribution < 1.29 is 9.53 Å². The van der Waals surface area contributed by atoms with Gasteiger partial charge in [-0.15, -0.1) is 0 Å². The van der Waals surface area contributed by atoms with Gasteiger partial charge in [-0.3, -0.25) is 4.79 Å². The van der Waals surface area contributed by atoms with E-state index >= 15 is 0 Å². The molecular formula is C23H27N3O2S. The minimum atomic E-state index is -0.0336. The molecule has 152 valence electrons. The summed E-state index contributed by atoms with van der Waals surface area (Å²) < 4.78 is 6.72. The van der Waals surface area contributed by atoms with Crippen molar-refractivity contribution in [1.82, 2.24) is 4.98 Å². The number of nitrogens with zero attached hydrogens (tertiary/aromatic N) is 2. The first-order valence-corrected chi connectivity index (χ1v) is 11.0. The van der Waals surface area contributed by atoms with Crippen molar-refractivity contribution >= 4 is 38.3 Å². The van der Waals surface area contributed by atoms with E-state index in [1.54, 1.807) is 11.3 Å². The Morgan fingerprint density at radius 1 is 1.28 bits per heavy atom. The maximum Gasteiger partial charge on any atom is 0.229 e. The van der Waals surface area contributed by atoms with Crippen LogP contribution in [0.2, 0.25) is 0 Å². The Hall–Kier alpha value is -2.60. The first kappa shape index (κ1) is 19.7. The highest BCUT2D eigenvalue weighted by molar-refractivity contribution is 7.22. The first-order valence-electron chi connectivity index (χ1n) is 10.2. The number of fused-ring (bicyclic) bond motifs is 1. The molecule has 0 saturated carbocycles. The maximum absolute atomic E-state index is 13.0. The molecule has 0 bridgehead atoms. The molecule has 0 aliphatic carbocycles. The van der Waals surface area contributed by atoms with Gasteiger partial charge in [-0.05, 0) is 62.9 Å². The number of anilines is 2. The summed E-state index contributed by atoms with van der Waals surface area (Å²) in [6, 6.07) is 12.1. The quantitative estimate of drug-likeness (QED) is 0.632. The van der Waals surface area contributed by atoms with Gasteiger partial charge in [-0.1, -0.05) is 29.5 Å². The third-order valence-corrected chi connectivity index (χ3v) is 6.53. The van der Waals surface area contributed by atoms with Crippen molar-refractivity contribution in [2.45, 2.75) is 33.6 Å². The second-order valence-electron chi connectivity index (χ2n) is 7.60. The highest BCUT2D eigenvalue weighted by Crippen LogP contribution is 2.34. The van der Waals surface area contributed by atoms with Gasteiger partial charge in [-0.2, -0.15) is 0 Å². The minimum absolute atomic E-state index is 0.0336. The van der Waals surface area contributed by atoms with Crippen molar-refractivity contribution in [3.05, 3.63) is 47.5 Å². The molecule has 1 atom stereocenters. The normalized spacial score (nSPS) is 16.8. The Bertz CT molecular complexity index is 1010. The highest BCUT2D eigenvalue weighted by Gasteiger charge is 2.28. The van der Waals surface area contributed by atoms with Crippen LogP contribution in [0, 0.1) is 19.8 Å². The van der Waals surface area contributed by atoms with Gasteiger partial charge >= 0.3 is 0 Å². The number of rotatable bonds is 5. The first-order chi connectivity index (χ1) is 14.0. The van der Waals surface area contributed by atoms with E-state index < -0.39 is 0 Å². The molecule has 1 fully saturated rings. The smallest absolute Gasteiger partial charge is 0.229 e. The van der Waals surface area contributed by atoms with Crippen LogP contribution >= 0.6 is 11.3 Å². The molecule has 0 unspecified atom stereocenters. The summed E-state index contributed by atoms with van der Waals surface area (Å²) in [5.74, 6) is 0.945. The zero-order valence-corrected chi connectivity index (χ0v) is 18.0. The van der Waals surface area contributed by atoms with Crippen molar-refractivity contribution in [3.8, 4) is 5.75 Å². The Labute approximate surface area is 175 Å². The van der Waals surface area contributed by atoms with E-state index in [9.17, 15) is 4.79 Å². The summed E-state index contributed by atoms with van der Waals surface area (Å²) >= 11 is 1.67. The van der Waals surface area contributed by atoms with Crippen LogP contribution in [0.5, 0.6) is 5.75 Å². The van der Waals surface area contributed by atoms with Gasteiger partial charge in [0, 0.05) is 18.8 Å². The van der Waals surface area contributed by atoms with Gasteiger partial charge in [0.15, 0.2) is 5.13 Å². The summed E-state index contributed by atoms with van der Waals surface area (Å²) in [7, 11) is 0. The number of aromatic nitrogens is 1. The monoisotopic (exact) mass is 409 g/mol. The standard InChI is InChI=1S/C23H27N3O2S/c1-4-28-18-10-11-19-20(13-18)29-23(24-19)26-12-6-9-17(14-26)22(27)25-21-15(2)7-5-8-16(21)3/h5,7-8,10-11,13,17H,4,6,9,12,14H2,1-3H3,(H,25,27)/t17-/m0/s1. The van der Waals surface area contributed by atoms with Crippen LogP contribution in [0.15, 0.2) is 36.4 Å². The molecule has 1 saturated heterocycles. The van der Waals surface area contributed by atoms with E-state index in [1.165, 1.54) is 0 Å². The number of nitrogens with one attached hydrogen (secondary N) is 1. The van der Waals surface area contributed by atoms with Gasteiger partial charge in [0.05, 0.1) is 22.7 Å². The van der Waals surface area contributed by atoms with Crippen molar-refractivity contribution in [1.29, 1.82) is 0 Å². The fourth-order valence-electron chi connectivity index (χ4n) is 3.89. The lowest BCUT2D eigenvalue weighted by Crippen LogP contribution is -2.40. The third kappa shape index (κ3) is 4.22. The van der Waals surface area contributed by atoms with E-state index in [2.05, 4.69) is 16.3 Å². The molecule has 5 nitrogen and oxygen atoms in total. The fraction of sp³-hybridized carbons (Fsp3) is 0.391. The molecule has 2 aromatic carbocycles. The number of carbonyl (C=O) groups excluding carboxylic acids is 1. The lowest BCUT2D eigenvalue weighted by molar-refractivity contribution is -0.120. The maximum atomic E-state index is 13.0. The van der Waals surface area contributed by atoms with Crippen molar-refractivity contribution in [2.75, 3.05) is 29.9 Å². The second kappa shape index (κ2) is 8.41. The number of thiazole rings is 1. The van der Waals surface area contributed by atoms with E-state index in [0.29, 0.717) is 13.2 Å². The molecule has 1 aliphatic rings. The molecule has 3 aromatic rings. The largest absolute Gasteiger partial charge is 0.494 e. The zero-order valence-electron chi connectivity index (χ0n) is 17.2. The number of benzene rings is 2. The number of piperidine rings is 1. The van der Waals surface area contributed by atoms with Crippen LogP contribution in [0.1, 0.15) is 30.9 Å². The molecule has 2 heterocycles. The van der Waals surface area contributed by atoms with Crippen LogP contribution in [-0.2, 0) is 4.79 Å². The molecule has 6 heteroatoms. The van der Waals surface area contributed by atoms with Crippen molar-refractivity contribution in [2.24, 2.45) is 5.92 Å². The fourth-order valence-corrected chi connectivity index (χ4v) is 4.92. The molecule has 4 rings (SSSR count). The summed E-state index contributed by atoms with van der Waals surface area (Å²) in [6.07, 6.45) is 1.90. The highest BCUT2D eigenvalue weighted by atomic mass is 32.1. The predicted octanol–water partition coefficient (Wildman–Crippen LogP) is 5.17. The topological polar surface area (TPSA) is 54.5 Å². The van der Waals surface area contributed by atoms with Crippen molar-refractivity contribution in [3.63, 3.8) is 0 Å². The van der Waals surface area contributed by atoms with Crippen LogP contribution in [0.25, 0.3) is 10.2 Å². The van der Waals surface area contributed by atoms with E-state index in [0.717, 1.165) is 57.3 Å². The van der Waals surface area contributed by atoms with Gasteiger partial charge in [0.2, 0.25) is 5.91 Å². The van der Waals surface area contributed by atoms with E-state index in [1.807, 2.05) is 51.1 Å². The Kier molecular flexibility index (Phi) is 5.72. The average Bonchev–Trinajstić information content (AvgIpc) is 3.14. The number of amides is 1. The SMILES string of the molecule is CCOc1ccc2nc(N3CCC[C@H](C(=O)Nc4c(C)cccc4C)C3)sc2c1. The molecule has 29 heavy (non-hydrogen) atoms. The lowest BCUT2D eigenvalue weighted by atomic mass is 9.97. The molecule has 0 spiro atoms. The number of carbonyl (C=O) groups is 1. The van der Waals surface area contributed by atoms with E-state index in [4.69, 9.17) is 9.72 Å². The molecule has 1 amide bonds. The number of hydrogen-bond acceptors (Lipinski definition) is 5. The Morgan fingerprint density at radius 2 is 2.07 bits per heavy atom. The third-order valence-electron chi connectivity index (χ3n) is 5.45. The Balaban J connectivity index is 1.49. The number of aryl methyl sites for hydroxylation is 2. The second-order valence-corrected chi connectivity index (χ2v) is 8.61. The Morgan fingerprint density at radius 3 is 2.83 bits per heavy atom. The molecule has 1 aliphatic heterocycles. The molecular weight excluding hydrogens is 382 g/mol. The number of para-hydroxylation sites is 1. The molecule has 0 radical (unpaired) electrons.